The molecule has 0 bridgehead atoms. The van der Waals surface area contributed by atoms with Crippen LogP contribution in [0.1, 0.15) is 16.7 Å². The van der Waals surface area contributed by atoms with Gasteiger partial charge in [-0.05, 0) is 35.4 Å². The second kappa shape index (κ2) is 13.3. The van der Waals surface area contributed by atoms with Gasteiger partial charge in [-0.15, -0.1) is 0 Å². The molecule has 4 aromatic rings. The van der Waals surface area contributed by atoms with E-state index in [1.54, 1.807) is 36.4 Å². The Bertz CT molecular complexity index is 1460. The fourth-order valence-electron chi connectivity index (χ4n) is 4.08. The normalized spacial score (nSPS) is 10.8. The number of carbonyl (C=O) groups is 2. The zero-order valence-electron chi connectivity index (χ0n) is 21.6. The van der Waals surface area contributed by atoms with Crippen LogP contribution in [0.4, 0.5) is 9.18 Å². The third kappa shape index (κ3) is 7.52. The molecule has 0 atom stereocenters. The van der Waals surface area contributed by atoms with Crippen LogP contribution >= 0.6 is 0 Å². The van der Waals surface area contributed by atoms with Gasteiger partial charge >= 0.3 is 6.03 Å². The number of methoxy groups -OCH3 is 1. The van der Waals surface area contributed by atoms with Crippen molar-refractivity contribution in [2.24, 2.45) is 0 Å². The van der Waals surface area contributed by atoms with Gasteiger partial charge in [0.2, 0.25) is 5.91 Å². The quantitative estimate of drug-likeness (QED) is 0.311. The molecule has 0 aliphatic carbocycles. The van der Waals surface area contributed by atoms with Crippen LogP contribution in [-0.2, 0) is 29.2 Å². The molecule has 8 nitrogen and oxygen atoms in total. The van der Waals surface area contributed by atoms with Gasteiger partial charge in [0.05, 0.1) is 30.4 Å². The second-order valence-electron chi connectivity index (χ2n) is 9.02. The molecule has 0 unspecified atom stereocenters. The van der Waals surface area contributed by atoms with E-state index in [-0.39, 0.29) is 38.2 Å². The molecule has 3 amide bonds. The van der Waals surface area contributed by atoms with E-state index < -0.39 is 17.8 Å². The highest BCUT2D eigenvalue weighted by atomic mass is 19.1. The van der Waals surface area contributed by atoms with Crippen molar-refractivity contribution in [1.29, 1.82) is 0 Å². The first-order valence-electron chi connectivity index (χ1n) is 12.5. The van der Waals surface area contributed by atoms with Gasteiger partial charge in [-0.25, -0.2) is 9.18 Å². The third-order valence-corrected chi connectivity index (χ3v) is 6.22. The molecule has 0 aliphatic rings. The van der Waals surface area contributed by atoms with E-state index in [4.69, 9.17) is 9.15 Å². The van der Waals surface area contributed by atoms with Crippen LogP contribution in [0.3, 0.4) is 0 Å². The van der Waals surface area contributed by atoms with Gasteiger partial charge < -0.3 is 24.3 Å². The van der Waals surface area contributed by atoms with Crippen LogP contribution in [0.5, 0.6) is 0 Å². The van der Waals surface area contributed by atoms with Crippen molar-refractivity contribution in [3.63, 3.8) is 0 Å². The van der Waals surface area contributed by atoms with E-state index >= 15 is 0 Å². The van der Waals surface area contributed by atoms with E-state index in [9.17, 15) is 18.8 Å². The maximum absolute atomic E-state index is 13.6. The van der Waals surface area contributed by atoms with Crippen molar-refractivity contribution in [3.05, 3.63) is 118 Å². The highest BCUT2D eigenvalue weighted by Crippen LogP contribution is 2.15. The maximum atomic E-state index is 13.6. The first kappa shape index (κ1) is 27.5. The summed E-state index contributed by atoms with van der Waals surface area (Å²) in [6.45, 7) is 0.532. The SMILES string of the molecule is COCCN(CC(=O)N(Cc1ccc(F)cc1)Cc1coc2ccccc2c1=O)C(=O)NCc1ccccc1. The monoisotopic (exact) mass is 531 g/mol. The standard InChI is InChI=1S/C30H30FN3O5/c1-38-16-15-33(30(37)32-17-22-7-3-2-4-8-22)20-28(35)34(18-23-11-13-25(31)14-12-23)19-24-21-39-27-10-6-5-9-26(27)29(24)36/h2-14,21H,15-20H2,1H3,(H,32,37). The molecule has 1 heterocycles. The van der Waals surface area contributed by atoms with Crippen LogP contribution in [-0.4, -0.2) is 48.5 Å². The van der Waals surface area contributed by atoms with Gasteiger partial charge in [0.1, 0.15) is 17.9 Å². The number of hydrogen-bond donors (Lipinski definition) is 1. The van der Waals surface area contributed by atoms with E-state index in [0.717, 1.165) is 5.56 Å². The molecule has 0 radical (unpaired) electrons. The van der Waals surface area contributed by atoms with Crippen molar-refractivity contribution in [1.82, 2.24) is 15.1 Å². The topological polar surface area (TPSA) is 92.1 Å². The number of carbonyl (C=O) groups excluding carboxylic acids is 2. The molecule has 4 rings (SSSR count). The highest BCUT2D eigenvalue weighted by molar-refractivity contribution is 5.84. The van der Waals surface area contributed by atoms with E-state index in [1.807, 2.05) is 30.3 Å². The lowest BCUT2D eigenvalue weighted by Gasteiger charge is -2.28. The zero-order valence-corrected chi connectivity index (χ0v) is 21.6. The summed E-state index contributed by atoms with van der Waals surface area (Å²) >= 11 is 0. The van der Waals surface area contributed by atoms with Crippen LogP contribution in [0, 0.1) is 5.82 Å². The number of ether oxygens (including phenoxy) is 1. The lowest BCUT2D eigenvalue weighted by molar-refractivity contribution is -0.133. The molecule has 1 N–H and O–H groups in total. The maximum Gasteiger partial charge on any atom is 0.318 e. The van der Waals surface area contributed by atoms with Crippen molar-refractivity contribution >= 4 is 22.9 Å². The molecule has 0 saturated carbocycles. The Hall–Kier alpha value is -4.50. The number of urea groups is 1. The Kier molecular flexibility index (Phi) is 9.42. The average Bonchev–Trinajstić information content (AvgIpc) is 2.96. The fraction of sp³-hybridized carbons (Fsp3) is 0.233. The number of nitrogens with zero attached hydrogens (tertiary/aromatic N) is 2. The minimum absolute atomic E-state index is 0.0485. The molecule has 39 heavy (non-hydrogen) atoms. The molecule has 9 heteroatoms. The lowest BCUT2D eigenvalue weighted by Crippen LogP contribution is -2.47. The Labute approximate surface area is 225 Å². The second-order valence-corrected chi connectivity index (χ2v) is 9.02. The van der Waals surface area contributed by atoms with E-state index in [2.05, 4.69) is 5.32 Å². The number of para-hydroxylation sites is 1. The number of amides is 3. The fourth-order valence-corrected chi connectivity index (χ4v) is 4.08. The first-order valence-corrected chi connectivity index (χ1v) is 12.5. The Morgan fingerprint density at radius 2 is 1.62 bits per heavy atom. The van der Waals surface area contributed by atoms with Gasteiger partial charge in [-0.3, -0.25) is 9.59 Å². The van der Waals surface area contributed by atoms with Crippen molar-refractivity contribution in [2.75, 3.05) is 26.8 Å². The summed E-state index contributed by atoms with van der Waals surface area (Å²) in [6, 6.07) is 21.7. The van der Waals surface area contributed by atoms with E-state index in [1.165, 1.54) is 35.3 Å². The molecule has 0 spiro atoms. The zero-order chi connectivity index (χ0) is 27.6. The number of nitrogens with one attached hydrogen (secondary N) is 1. The van der Waals surface area contributed by atoms with Crippen LogP contribution < -0.4 is 10.7 Å². The summed E-state index contributed by atoms with van der Waals surface area (Å²) in [5.41, 5.74) is 2.09. The molecular weight excluding hydrogens is 501 g/mol. The number of halogens is 1. The summed E-state index contributed by atoms with van der Waals surface area (Å²) in [5, 5.41) is 3.25. The number of fused-ring (bicyclic) bond motifs is 1. The molecule has 0 aliphatic heterocycles. The summed E-state index contributed by atoms with van der Waals surface area (Å²) in [4.78, 5) is 42.6. The number of hydrogen-bond acceptors (Lipinski definition) is 5. The lowest BCUT2D eigenvalue weighted by atomic mass is 10.1. The van der Waals surface area contributed by atoms with Crippen molar-refractivity contribution < 1.29 is 23.1 Å². The van der Waals surface area contributed by atoms with Gasteiger partial charge in [0.15, 0.2) is 5.43 Å². The van der Waals surface area contributed by atoms with Gasteiger partial charge in [0, 0.05) is 26.7 Å². The van der Waals surface area contributed by atoms with Crippen LogP contribution in [0.2, 0.25) is 0 Å². The summed E-state index contributed by atoms with van der Waals surface area (Å²) in [6.07, 6.45) is 1.35. The van der Waals surface area contributed by atoms with Crippen molar-refractivity contribution in [3.8, 4) is 0 Å². The van der Waals surface area contributed by atoms with Crippen LogP contribution in [0.25, 0.3) is 11.0 Å². The van der Waals surface area contributed by atoms with E-state index in [0.29, 0.717) is 28.6 Å². The Morgan fingerprint density at radius 1 is 0.897 bits per heavy atom. The molecule has 0 saturated heterocycles. The highest BCUT2D eigenvalue weighted by Gasteiger charge is 2.23. The predicted octanol–water partition coefficient (Wildman–Crippen LogP) is 4.32. The summed E-state index contributed by atoms with van der Waals surface area (Å²) in [5.74, 6) is -0.787. The molecule has 1 aromatic heterocycles. The minimum atomic E-state index is -0.420. The Morgan fingerprint density at radius 3 is 2.36 bits per heavy atom. The number of rotatable bonds is 11. The molecule has 0 fully saturated rings. The van der Waals surface area contributed by atoms with Crippen molar-refractivity contribution in [2.45, 2.75) is 19.6 Å². The first-order chi connectivity index (χ1) is 18.9. The summed E-state index contributed by atoms with van der Waals surface area (Å²) < 4.78 is 24.3. The minimum Gasteiger partial charge on any atom is -0.464 e. The Balaban J connectivity index is 1.55. The molecular formula is C30H30FN3O5. The van der Waals surface area contributed by atoms with Gasteiger partial charge in [-0.1, -0.05) is 54.6 Å². The van der Waals surface area contributed by atoms with Gasteiger partial charge in [-0.2, -0.15) is 0 Å². The predicted molar refractivity (Wildman–Crippen MR) is 145 cm³/mol. The molecule has 202 valence electrons. The average molecular weight is 532 g/mol. The van der Waals surface area contributed by atoms with Crippen LogP contribution in [0.15, 0.2) is 94.3 Å². The number of benzene rings is 3. The van der Waals surface area contributed by atoms with Gasteiger partial charge in [0.25, 0.3) is 0 Å². The molecule has 3 aromatic carbocycles. The third-order valence-electron chi connectivity index (χ3n) is 6.22. The smallest absolute Gasteiger partial charge is 0.318 e. The summed E-state index contributed by atoms with van der Waals surface area (Å²) in [7, 11) is 1.52. The largest absolute Gasteiger partial charge is 0.464 e.